The maximum absolute atomic E-state index is 2.56. The predicted octanol–water partition coefficient (Wildman–Crippen LogP) is 4.93. The van der Waals surface area contributed by atoms with Crippen LogP contribution in [0.5, 0.6) is 0 Å². The standard InChI is InChI=1S/C21H25N/c1-2-18-8-10-19(11-9-18)16-20-12-14-22(15-13-20)17-21-6-4-3-5-7-21/h3-11,16H,2,12-15,17H2,1H3. The van der Waals surface area contributed by atoms with Crippen LogP contribution in [0.25, 0.3) is 6.08 Å². The molecule has 0 N–H and O–H groups in total. The molecule has 22 heavy (non-hydrogen) atoms. The van der Waals surface area contributed by atoms with Gasteiger partial charge in [-0.15, -0.1) is 0 Å². The van der Waals surface area contributed by atoms with Gasteiger partial charge < -0.3 is 0 Å². The molecule has 3 rings (SSSR count). The molecule has 0 bridgehead atoms. The predicted molar refractivity (Wildman–Crippen MR) is 94.8 cm³/mol. The summed E-state index contributed by atoms with van der Waals surface area (Å²) in [5, 5.41) is 0. The normalized spacial score (nSPS) is 15.8. The SMILES string of the molecule is CCc1ccc(C=C2CCN(Cc3ccccc3)CC2)cc1. The third kappa shape index (κ3) is 4.08. The van der Waals surface area contributed by atoms with Gasteiger partial charge >= 0.3 is 0 Å². The average Bonchev–Trinajstić information content (AvgIpc) is 2.58. The lowest BCUT2D eigenvalue weighted by molar-refractivity contribution is 0.249. The smallest absolute Gasteiger partial charge is 0.0233 e. The largest absolute Gasteiger partial charge is 0.298 e. The Morgan fingerprint density at radius 2 is 1.55 bits per heavy atom. The molecule has 0 amide bonds. The third-order valence-electron chi connectivity index (χ3n) is 4.51. The van der Waals surface area contributed by atoms with E-state index < -0.39 is 0 Å². The number of piperidine rings is 1. The molecule has 0 aromatic heterocycles. The molecule has 2 aromatic carbocycles. The Morgan fingerprint density at radius 1 is 0.864 bits per heavy atom. The number of aryl methyl sites for hydroxylation is 1. The molecular formula is C21H25N. The molecule has 1 nitrogen and oxygen atoms in total. The second-order valence-corrected chi connectivity index (χ2v) is 6.16. The maximum Gasteiger partial charge on any atom is 0.0233 e. The van der Waals surface area contributed by atoms with Gasteiger partial charge in [0, 0.05) is 19.6 Å². The van der Waals surface area contributed by atoms with Crippen LogP contribution in [0.2, 0.25) is 0 Å². The van der Waals surface area contributed by atoms with Crippen molar-refractivity contribution in [1.82, 2.24) is 4.90 Å². The van der Waals surface area contributed by atoms with Gasteiger partial charge in [-0.1, -0.05) is 73.2 Å². The molecule has 0 unspecified atom stereocenters. The van der Waals surface area contributed by atoms with Gasteiger partial charge in [0.15, 0.2) is 0 Å². The third-order valence-corrected chi connectivity index (χ3v) is 4.51. The maximum atomic E-state index is 2.56. The summed E-state index contributed by atoms with van der Waals surface area (Å²) < 4.78 is 0. The summed E-state index contributed by atoms with van der Waals surface area (Å²) >= 11 is 0. The first-order valence-electron chi connectivity index (χ1n) is 8.38. The van der Waals surface area contributed by atoms with E-state index in [4.69, 9.17) is 0 Å². The number of hydrogen-bond donors (Lipinski definition) is 0. The van der Waals surface area contributed by atoms with E-state index in [1.54, 1.807) is 5.57 Å². The van der Waals surface area contributed by atoms with Crippen molar-refractivity contribution < 1.29 is 0 Å². The van der Waals surface area contributed by atoms with Crippen LogP contribution in [0.4, 0.5) is 0 Å². The number of rotatable bonds is 4. The van der Waals surface area contributed by atoms with Gasteiger partial charge in [0.2, 0.25) is 0 Å². The first kappa shape index (κ1) is 15.1. The summed E-state index contributed by atoms with van der Waals surface area (Å²) in [6, 6.07) is 19.8. The fourth-order valence-electron chi connectivity index (χ4n) is 3.07. The first-order valence-corrected chi connectivity index (χ1v) is 8.38. The Hall–Kier alpha value is -1.86. The minimum atomic E-state index is 1.08. The molecule has 1 saturated heterocycles. The van der Waals surface area contributed by atoms with Gasteiger partial charge in [-0.05, 0) is 36.0 Å². The van der Waals surface area contributed by atoms with Crippen LogP contribution < -0.4 is 0 Å². The molecule has 1 aliphatic rings. The van der Waals surface area contributed by atoms with Crippen LogP contribution in [0, 0.1) is 0 Å². The van der Waals surface area contributed by atoms with E-state index in [9.17, 15) is 0 Å². The van der Waals surface area contributed by atoms with Crippen LogP contribution in [-0.4, -0.2) is 18.0 Å². The zero-order valence-electron chi connectivity index (χ0n) is 13.5. The van der Waals surface area contributed by atoms with Crippen molar-refractivity contribution in [3.05, 3.63) is 76.9 Å². The van der Waals surface area contributed by atoms with E-state index in [1.165, 1.54) is 42.6 Å². The minimum absolute atomic E-state index is 1.08. The zero-order valence-corrected chi connectivity index (χ0v) is 13.5. The van der Waals surface area contributed by atoms with Crippen LogP contribution in [-0.2, 0) is 13.0 Å². The molecule has 0 radical (unpaired) electrons. The molecule has 1 heteroatoms. The van der Waals surface area contributed by atoms with Crippen molar-refractivity contribution in [2.45, 2.75) is 32.7 Å². The number of nitrogens with zero attached hydrogens (tertiary/aromatic N) is 1. The van der Waals surface area contributed by atoms with E-state index in [2.05, 4.69) is 72.5 Å². The minimum Gasteiger partial charge on any atom is -0.298 e. The quantitative estimate of drug-likeness (QED) is 0.772. The Morgan fingerprint density at radius 3 is 2.18 bits per heavy atom. The monoisotopic (exact) mass is 291 g/mol. The van der Waals surface area contributed by atoms with Gasteiger partial charge in [-0.3, -0.25) is 4.90 Å². The molecule has 2 aromatic rings. The van der Waals surface area contributed by atoms with Crippen molar-refractivity contribution >= 4 is 6.08 Å². The van der Waals surface area contributed by atoms with Crippen molar-refractivity contribution in [2.24, 2.45) is 0 Å². The summed E-state index contributed by atoms with van der Waals surface area (Å²) in [7, 11) is 0. The van der Waals surface area contributed by atoms with Crippen molar-refractivity contribution in [3.8, 4) is 0 Å². The van der Waals surface area contributed by atoms with E-state index in [1.807, 2.05) is 0 Å². The van der Waals surface area contributed by atoms with E-state index in [0.717, 1.165) is 13.0 Å². The number of benzene rings is 2. The molecule has 0 aliphatic carbocycles. The Balaban J connectivity index is 1.55. The van der Waals surface area contributed by atoms with Crippen molar-refractivity contribution in [2.75, 3.05) is 13.1 Å². The zero-order chi connectivity index (χ0) is 15.2. The molecular weight excluding hydrogens is 266 g/mol. The lowest BCUT2D eigenvalue weighted by atomic mass is 9.99. The topological polar surface area (TPSA) is 3.24 Å². The van der Waals surface area contributed by atoms with Gasteiger partial charge in [0.05, 0.1) is 0 Å². The van der Waals surface area contributed by atoms with E-state index >= 15 is 0 Å². The van der Waals surface area contributed by atoms with Crippen LogP contribution in [0.1, 0.15) is 36.5 Å². The van der Waals surface area contributed by atoms with Gasteiger partial charge in [0.1, 0.15) is 0 Å². The second kappa shape index (κ2) is 7.42. The molecule has 1 fully saturated rings. The average molecular weight is 291 g/mol. The highest BCUT2D eigenvalue weighted by molar-refractivity contribution is 5.53. The van der Waals surface area contributed by atoms with Crippen molar-refractivity contribution in [3.63, 3.8) is 0 Å². The lowest BCUT2D eigenvalue weighted by Gasteiger charge is -2.28. The highest BCUT2D eigenvalue weighted by atomic mass is 15.1. The van der Waals surface area contributed by atoms with Gasteiger partial charge in [-0.2, -0.15) is 0 Å². The second-order valence-electron chi connectivity index (χ2n) is 6.16. The fraction of sp³-hybridized carbons (Fsp3) is 0.333. The first-order chi connectivity index (χ1) is 10.8. The molecule has 1 heterocycles. The Bertz CT molecular complexity index is 600. The Kier molecular flexibility index (Phi) is 5.07. The summed E-state index contributed by atoms with van der Waals surface area (Å²) in [6.45, 7) is 5.64. The van der Waals surface area contributed by atoms with Crippen molar-refractivity contribution in [1.29, 1.82) is 0 Å². The molecule has 0 atom stereocenters. The van der Waals surface area contributed by atoms with Gasteiger partial charge in [-0.25, -0.2) is 0 Å². The number of hydrogen-bond acceptors (Lipinski definition) is 1. The van der Waals surface area contributed by atoms with Gasteiger partial charge in [0.25, 0.3) is 0 Å². The summed E-state index contributed by atoms with van der Waals surface area (Å²) in [5.74, 6) is 0. The van der Waals surface area contributed by atoms with Crippen LogP contribution >= 0.6 is 0 Å². The molecule has 0 saturated carbocycles. The van der Waals surface area contributed by atoms with E-state index in [0.29, 0.717) is 0 Å². The van der Waals surface area contributed by atoms with Crippen LogP contribution in [0.3, 0.4) is 0 Å². The lowest BCUT2D eigenvalue weighted by Crippen LogP contribution is -2.30. The van der Waals surface area contributed by atoms with Crippen LogP contribution in [0.15, 0.2) is 60.2 Å². The summed E-state index contributed by atoms with van der Waals surface area (Å²) in [4.78, 5) is 2.56. The molecule has 114 valence electrons. The van der Waals surface area contributed by atoms with E-state index in [-0.39, 0.29) is 0 Å². The Labute approximate surface area is 134 Å². The summed E-state index contributed by atoms with van der Waals surface area (Å²) in [5.41, 5.74) is 5.78. The molecule has 1 aliphatic heterocycles. The fourth-order valence-corrected chi connectivity index (χ4v) is 3.07. The number of likely N-dealkylation sites (tertiary alicyclic amines) is 1. The highest BCUT2D eigenvalue weighted by Crippen LogP contribution is 2.21. The summed E-state index contributed by atoms with van der Waals surface area (Å²) in [6.07, 6.45) is 5.90. The molecule has 0 spiro atoms. The highest BCUT2D eigenvalue weighted by Gasteiger charge is 2.13.